The molecule has 1 atom stereocenters. The lowest BCUT2D eigenvalue weighted by Gasteiger charge is -2.21. The summed E-state index contributed by atoms with van der Waals surface area (Å²) < 4.78 is 16.2. The number of carbonyl (C=O) groups is 1. The highest BCUT2D eigenvalue weighted by Crippen LogP contribution is 2.17. The van der Waals surface area contributed by atoms with Crippen molar-refractivity contribution in [1.82, 2.24) is 5.32 Å². The number of benzene rings is 1. The van der Waals surface area contributed by atoms with Crippen molar-refractivity contribution in [1.29, 1.82) is 0 Å². The summed E-state index contributed by atoms with van der Waals surface area (Å²) in [6, 6.07) is 7.37. The van der Waals surface area contributed by atoms with Crippen LogP contribution in [0.5, 0.6) is 11.5 Å². The van der Waals surface area contributed by atoms with Gasteiger partial charge in [-0.25, -0.2) is 0 Å². The van der Waals surface area contributed by atoms with Gasteiger partial charge in [0.1, 0.15) is 18.1 Å². The first-order valence-corrected chi connectivity index (χ1v) is 7.43. The summed E-state index contributed by atoms with van der Waals surface area (Å²) >= 11 is 0. The summed E-state index contributed by atoms with van der Waals surface area (Å²) in [5.41, 5.74) is 0. The fourth-order valence-electron chi connectivity index (χ4n) is 2.28. The number of hydrogen-bond acceptors (Lipinski definition) is 4. The van der Waals surface area contributed by atoms with Gasteiger partial charge < -0.3 is 19.5 Å². The van der Waals surface area contributed by atoms with Crippen molar-refractivity contribution in [2.45, 2.75) is 31.8 Å². The largest absolute Gasteiger partial charge is 0.497 e. The molecule has 0 aliphatic carbocycles. The zero-order valence-electron chi connectivity index (χ0n) is 12.5. The molecule has 1 aliphatic rings. The molecule has 0 spiro atoms. The van der Waals surface area contributed by atoms with E-state index in [1.54, 1.807) is 7.11 Å². The van der Waals surface area contributed by atoms with Crippen LogP contribution < -0.4 is 14.8 Å². The zero-order valence-corrected chi connectivity index (χ0v) is 12.5. The molecule has 1 aliphatic heterocycles. The molecule has 1 aromatic carbocycles. The van der Waals surface area contributed by atoms with E-state index in [2.05, 4.69) is 5.32 Å². The normalized spacial score (nSPS) is 18.0. The van der Waals surface area contributed by atoms with E-state index in [1.165, 1.54) is 0 Å². The van der Waals surface area contributed by atoms with Crippen molar-refractivity contribution in [3.05, 3.63) is 24.3 Å². The third kappa shape index (κ3) is 5.63. The summed E-state index contributed by atoms with van der Waals surface area (Å²) in [6.07, 6.45) is 3.77. The van der Waals surface area contributed by atoms with Crippen molar-refractivity contribution in [2.24, 2.45) is 0 Å². The SMILES string of the molecule is COc1ccc(OCCNC(=O)CC2CCCCO2)cc1. The van der Waals surface area contributed by atoms with Gasteiger partial charge in [0, 0.05) is 6.61 Å². The van der Waals surface area contributed by atoms with Gasteiger partial charge in [-0.05, 0) is 43.5 Å². The number of rotatable bonds is 7. The Morgan fingerprint density at radius 2 is 2.05 bits per heavy atom. The molecule has 1 N–H and O–H groups in total. The maximum atomic E-state index is 11.7. The molecule has 1 aromatic rings. The van der Waals surface area contributed by atoms with Gasteiger partial charge in [-0.2, -0.15) is 0 Å². The summed E-state index contributed by atoms with van der Waals surface area (Å²) in [4.78, 5) is 11.7. The van der Waals surface area contributed by atoms with E-state index in [0.29, 0.717) is 19.6 Å². The van der Waals surface area contributed by atoms with E-state index in [-0.39, 0.29) is 12.0 Å². The number of carbonyl (C=O) groups excluding carboxylic acids is 1. The lowest BCUT2D eigenvalue weighted by Crippen LogP contribution is -2.32. The second kappa shape index (κ2) is 8.52. The van der Waals surface area contributed by atoms with E-state index in [1.807, 2.05) is 24.3 Å². The summed E-state index contributed by atoms with van der Waals surface area (Å²) in [5.74, 6) is 1.59. The van der Waals surface area contributed by atoms with Crippen molar-refractivity contribution >= 4 is 5.91 Å². The van der Waals surface area contributed by atoms with Crippen LogP contribution in [-0.2, 0) is 9.53 Å². The Labute approximate surface area is 125 Å². The molecular weight excluding hydrogens is 270 g/mol. The quantitative estimate of drug-likeness (QED) is 0.783. The third-order valence-corrected chi connectivity index (χ3v) is 3.44. The number of nitrogens with one attached hydrogen (secondary N) is 1. The van der Waals surface area contributed by atoms with Crippen LogP contribution in [0.2, 0.25) is 0 Å². The molecule has 5 nitrogen and oxygen atoms in total. The van der Waals surface area contributed by atoms with Gasteiger partial charge in [-0.15, -0.1) is 0 Å². The van der Waals surface area contributed by atoms with Crippen molar-refractivity contribution in [2.75, 3.05) is 26.9 Å². The molecule has 0 saturated carbocycles. The van der Waals surface area contributed by atoms with Crippen LogP contribution in [0.15, 0.2) is 24.3 Å². The van der Waals surface area contributed by atoms with E-state index >= 15 is 0 Å². The molecular formula is C16H23NO4. The number of hydrogen-bond donors (Lipinski definition) is 1. The topological polar surface area (TPSA) is 56.8 Å². The molecule has 0 radical (unpaired) electrons. The zero-order chi connectivity index (χ0) is 14.9. The Balaban J connectivity index is 1.58. The monoisotopic (exact) mass is 293 g/mol. The number of amides is 1. The lowest BCUT2D eigenvalue weighted by atomic mass is 10.1. The molecule has 0 bridgehead atoms. The molecule has 1 heterocycles. The smallest absolute Gasteiger partial charge is 0.222 e. The summed E-state index contributed by atoms with van der Waals surface area (Å²) in [5, 5.41) is 2.85. The first kappa shape index (κ1) is 15.6. The van der Waals surface area contributed by atoms with E-state index in [9.17, 15) is 4.79 Å². The molecule has 5 heteroatoms. The van der Waals surface area contributed by atoms with Gasteiger partial charge in [0.15, 0.2) is 0 Å². The molecule has 0 aromatic heterocycles. The van der Waals surface area contributed by atoms with Crippen LogP contribution >= 0.6 is 0 Å². The highest BCUT2D eigenvalue weighted by Gasteiger charge is 2.17. The highest BCUT2D eigenvalue weighted by molar-refractivity contribution is 5.76. The van der Waals surface area contributed by atoms with Crippen LogP contribution in [-0.4, -0.2) is 38.9 Å². The Morgan fingerprint density at radius 1 is 1.29 bits per heavy atom. The van der Waals surface area contributed by atoms with Crippen LogP contribution in [0.4, 0.5) is 0 Å². The fourth-order valence-corrected chi connectivity index (χ4v) is 2.28. The molecule has 21 heavy (non-hydrogen) atoms. The number of ether oxygens (including phenoxy) is 3. The van der Waals surface area contributed by atoms with E-state index in [4.69, 9.17) is 14.2 Å². The minimum Gasteiger partial charge on any atom is -0.497 e. The summed E-state index contributed by atoms with van der Waals surface area (Å²) in [7, 11) is 1.63. The first-order valence-electron chi connectivity index (χ1n) is 7.43. The van der Waals surface area contributed by atoms with E-state index < -0.39 is 0 Å². The second-order valence-corrected chi connectivity index (χ2v) is 5.07. The lowest BCUT2D eigenvalue weighted by molar-refractivity contribution is -0.124. The molecule has 1 amide bonds. The standard InChI is InChI=1S/C16H23NO4/c1-19-13-5-7-14(8-6-13)21-11-9-17-16(18)12-15-4-2-3-10-20-15/h5-8,15H,2-4,9-12H2,1H3,(H,17,18). The Hall–Kier alpha value is -1.75. The van der Waals surface area contributed by atoms with Crippen LogP contribution in [0.1, 0.15) is 25.7 Å². The number of methoxy groups -OCH3 is 1. The average Bonchev–Trinajstić information content (AvgIpc) is 2.53. The predicted molar refractivity (Wildman–Crippen MR) is 79.7 cm³/mol. The second-order valence-electron chi connectivity index (χ2n) is 5.07. The van der Waals surface area contributed by atoms with Gasteiger partial charge in [0.25, 0.3) is 0 Å². The maximum Gasteiger partial charge on any atom is 0.222 e. The van der Waals surface area contributed by atoms with Gasteiger partial charge in [-0.1, -0.05) is 0 Å². The molecule has 2 rings (SSSR count). The fraction of sp³-hybridized carbons (Fsp3) is 0.562. The van der Waals surface area contributed by atoms with Crippen LogP contribution in [0.25, 0.3) is 0 Å². The summed E-state index contributed by atoms with van der Waals surface area (Å²) in [6.45, 7) is 1.72. The molecule has 116 valence electrons. The van der Waals surface area contributed by atoms with Gasteiger partial charge in [0.2, 0.25) is 5.91 Å². The van der Waals surface area contributed by atoms with Gasteiger partial charge in [-0.3, -0.25) is 4.79 Å². The Morgan fingerprint density at radius 3 is 2.71 bits per heavy atom. The van der Waals surface area contributed by atoms with Crippen LogP contribution in [0.3, 0.4) is 0 Å². The highest BCUT2D eigenvalue weighted by atomic mass is 16.5. The minimum absolute atomic E-state index is 0.0280. The molecule has 1 saturated heterocycles. The molecule has 1 fully saturated rings. The minimum atomic E-state index is 0.0280. The first-order chi connectivity index (χ1) is 10.3. The van der Waals surface area contributed by atoms with E-state index in [0.717, 1.165) is 37.4 Å². The van der Waals surface area contributed by atoms with Crippen molar-refractivity contribution in [3.63, 3.8) is 0 Å². The Bertz CT molecular complexity index is 426. The van der Waals surface area contributed by atoms with Crippen LogP contribution in [0, 0.1) is 0 Å². The van der Waals surface area contributed by atoms with Crippen molar-refractivity contribution < 1.29 is 19.0 Å². The maximum absolute atomic E-state index is 11.7. The van der Waals surface area contributed by atoms with Gasteiger partial charge >= 0.3 is 0 Å². The molecule has 1 unspecified atom stereocenters. The predicted octanol–water partition coefficient (Wildman–Crippen LogP) is 2.15. The van der Waals surface area contributed by atoms with Crippen molar-refractivity contribution in [3.8, 4) is 11.5 Å². The third-order valence-electron chi connectivity index (χ3n) is 3.44. The van der Waals surface area contributed by atoms with Gasteiger partial charge in [0.05, 0.1) is 26.2 Å². The Kier molecular flexibility index (Phi) is 6.34. The average molecular weight is 293 g/mol.